The third-order valence-electron chi connectivity index (χ3n) is 8.25. The van der Waals surface area contributed by atoms with Crippen LogP contribution in [0.15, 0.2) is 24.0 Å². The van der Waals surface area contributed by atoms with Crippen molar-refractivity contribution in [1.29, 1.82) is 0 Å². The molecule has 1 spiro atoms. The van der Waals surface area contributed by atoms with Gasteiger partial charge in [-0.15, -0.1) is 0 Å². The van der Waals surface area contributed by atoms with Gasteiger partial charge in [-0.25, -0.2) is 9.59 Å². The van der Waals surface area contributed by atoms with Gasteiger partial charge in [0.15, 0.2) is 23.7 Å². The Labute approximate surface area is 216 Å². The summed E-state index contributed by atoms with van der Waals surface area (Å²) >= 11 is 0. The number of ether oxygens (including phenoxy) is 4. The highest BCUT2D eigenvalue weighted by Crippen LogP contribution is 2.67. The maximum Gasteiger partial charge on any atom is 0.345 e. The first-order chi connectivity index (χ1) is 18.0. The van der Waals surface area contributed by atoms with Crippen LogP contribution in [-0.4, -0.2) is 75.3 Å². The molecule has 1 saturated carbocycles. The van der Waals surface area contributed by atoms with E-state index in [1.54, 1.807) is 6.08 Å². The zero-order valence-corrected chi connectivity index (χ0v) is 20.5. The summed E-state index contributed by atoms with van der Waals surface area (Å²) in [6, 6.07) is 3.78. The van der Waals surface area contributed by atoms with Crippen LogP contribution in [0.25, 0.3) is 0 Å². The summed E-state index contributed by atoms with van der Waals surface area (Å²) in [6.45, 7) is 0. The summed E-state index contributed by atoms with van der Waals surface area (Å²) in [7, 11) is 1.51. The molecule has 3 aliphatic carbocycles. The molecule has 204 valence electrons. The van der Waals surface area contributed by atoms with E-state index in [9.17, 15) is 34.5 Å². The van der Waals surface area contributed by atoms with Crippen molar-refractivity contribution in [3.63, 3.8) is 0 Å². The first-order valence-electron chi connectivity index (χ1n) is 12.3. The Kier molecular flexibility index (Phi) is 6.35. The molecule has 1 heterocycles. The number of rotatable bonds is 9. The number of aliphatic hydroxyl groups is 2. The lowest BCUT2D eigenvalue weighted by molar-refractivity contribution is -0.172. The van der Waals surface area contributed by atoms with E-state index in [0.29, 0.717) is 24.3 Å². The molecule has 38 heavy (non-hydrogen) atoms. The predicted molar refractivity (Wildman–Crippen MR) is 124 cm³/mol. The van der Waals surface area contributed by atoms with Gasteiger partial charge in [0.2, 0.25) is 6.10 Å². The number of methoxy groups -OCH3 is 1. The molecule has 5 rings (SSSR count). The van der Waals surface area contributed by atoms with Gasteiger partial charge in [0.25, 0.3) is 0 Å². The average molecular weight is 532 g/mol. The fourth-order valence-corrected chi connectivity index (χ4v) is 6.64. The van der Waals surface area contributed by atoms with Gasteiger partial charge in [0.05, 0.1) is 31.0 Å². The number of carbonyl (C=O) groups excluding carboxylic acids is 2. The van der Waals surface area contributed by atoms with E-state index in [-0.39, 0.29) is 18.1 Å². The molecule has 0 radical (unpaired) electrons. The number of carboxylic acid groups (broad SMARTS) is 2. The van der Waals surface area contributed by atoms with Crippen molar-refractivity contribution >= 4 is 23.9 Å². The summed E-state index contributed by atoms with van der Waals surface area (Å²) in [4.78, 5) is 47.0. The van der Waals surface area contributed by atoms with Gasteiger partial charge >= 0.3 is 23.9 Å². The lowest BCUT2D eigenvalue weighted by Crippen LogP contribution is -2.67. The smallest absolute Gasteiger partial charge is 0.345 e. The topological polar surface area (TPSA) is 186 Å². The molecule has 12 heteroatoms. The molecule has 0 aromatic heterocycles. The average Bonchev–Trinajstić information content (AvgIpc) is 3.20. The van der Waals surface area contributed by atoms with Crippen molar-refractivity contribution in [2.75, 3.05) is 7.11 Å². The Morgan fingerprint density at radius 1 is 1.13 bits per heavy atom. The van der Waals surface area contributed by atoms with Crippen LogP contribution < -0.4 is 9.47 Å². The Bertz CT molecular complexity index is 1240. The zero-order chi connectivity index (χ0) is 27.4. The van der Waals surface area contributed by atoms with E-state index in [0.717, 1.165) is 24.0 Å². The minimum Gasteiger partial charge on any atom is -0.493 e. The van der Waals surface area contributed by atoms with Crippen molar-refractivity contribution in [1.82, 2.24) is 0 Å². The van der Waals surface area contributed by atoms with E-state index in [2.05, 4.69) is 0 Å². The van der Waals surface area contributed by atoms with Gasteiger partial charge in [-0.3, -0.25) is 9.59 Å². The Morgan fingerprint density at radius 3 is 2.58 bits per heavy atom. The van der Waals surface area contributed by atoms with Crippen LogP contribution in [0.4, 0.5) is 0 Å². The molecule has 1 aliphatic heterocycles. The zero-order valence-electron chi connectivity index (χ0n) is 20.5. The Morgan fingerprint density at radius 2 is 1.89 bits per heavy atom. The summed E-state index contributed by atoms with van der Waals surface area (Å²) in [5.41, 5.74) is -0.0906. The first-order valence-corrected chi connectivity index (χ1v) is 12.3. The molecule has 0 unspecified atom stereocenters. The number of aliphatic carboxylic acids is 2. The largest absolute Gasteiger partial charge is 0.493 e. The Hall–Kier alpha value is -3.64. The van der Waals surface area contributed by atoms with E-state index in [1.165, 1.54) is 7.11 Å². The van der Waals surface area contributed by atoms with E-state index < -0.39 is 66.0 Å². The van der Waals surface area contributed by atoms with Gasteiger partial charge in [-0.1, -0.05) is 12.5 Å². The number of hydrogen-bond acceptors (Lipinski definition) is 10. The second kappa shape index (κ2) is 9.28. The Balaban J connectivity index is 1.38. The molecular weight excluding hydrogens is 504 g/mol. The molecule has 2 bridgehead atoms. The van der Waals surface area contributed by atoms with Crippen molar-refractivity contribution in [2.45, 2.75) is 74.3 Å². The number of esters is 2. The fraction of sp³-hybridized carbons (Fsp3) is 0.538. The van der Waals surface area contributed by atoms with Crippen molar-refractivity contribution in [2.24, 2.45) is 5.92 Å². The molecule has 6 atom stereocenters. The van der Waals surface area contributed by atoms with Crippen LogP contribution >= 0.6 is 0 Å². The SMILES string of the molecule is COc1ccc2c3c1O[C@@H]1C(OC(=O)C[C@H](OC(=O)C[C@H](O)C(=O)O)C(=O)O)=CC[C@]4(O)[C@@H](CCC[C@@]314)C2. The quantitative estimate of drug-likeness (QED) is 0.329. The highest BCUT2D eigenvalue weighted by atomic mass is 16.6. The number of aliphatic hydroxyl groups excluding tert-OH is 1. The third-order valence-corrected chi connectivity index (χ3v) is 8.25. The molecule has 1 fully saturated rings. The third kappa shape index (κ3) is 3.81. The minimum absolute atomic E-state index is 0.0142. The maximum absolute atomic E-state index is 12.8. The van der Waals surface area contributed by atoms with Crippen LogP contribution in [0, 0.1) is 5.92 Å². The van der Waals surface area contributed by atoms with Crippen molar-refractivity contribution in [3.8, 4) is 11.5 Å². The van der Waals surface area contributed by atoms with Gasteiger partial charge < -0.3 is 39.4 Å². The molecule has 12 nitrogen and oxygen atoms in total. The van der Waals surface area contributed by atoms with Gasteiger partial charge in [0, 0.05) is 5.56 Å². The lowest BCUT2D eigenvalue weighted by atomic mass is 9.47. The standard InChI is InChI=1S/C26H28O12/c1-35-15-5-4-12-9-13-3-2-7-25-20(12)21(15)38-22(25)16(6-8-26(13,25)34)36-19(29)11-17(24(32)33)37-18(28)10-14(27)23(30)31/h4-6,13-14,17,22,27,34H,2-3,7-11H2,1H3,(H,30,31)(H,32,33)/t13-,14-,17-,22+,25+,26-/m0/s1. The normalized spacial score (nSPS) is 29.6. The molecular formula is C26H28O12. The minimum atomic E-state index is -2.08. The van der Waals surface area contributed by atoms with Crippen LogP contribution in [0.1, 0.15) is 49.7 Å². The molecule has 4 N–H and O–H groups in total. The molecule has 4 aliphatic rings. The molecule has 0 amide bonds. The summed E-state index contributed by atoms with van der Waals surface area (Å²) in [5, 5.41) is 39.5. The van der Waals surface area contributed by atoms with Crippen molar-refractivity contribution < 1.29 is 58.6 Å². The molecule has 1 aromatic carbocycles. The lowest BCUT2D eigenvalue weighted by Gasteiger charge is -2.59. The van der Waals surface area contributed by atoms with Crippen LogP contribution in [0.5, 0.6) is 11.5 Å². The van der Waals surface area contributed by atoms with E-state index in [4.69, 9.17) is 24.1 Å². The number of hydrogen-bond donors (Lipinski definition) is 4. The second-order valence-corrected chi connectivity index (χ2v) is 10.2. The van der Waals surface area contributed by atoms with Crippen LogP contribution in [0.3, 0.4) is 0 Å². The van der Waals surface area contributed by atoms with E-state index >= 15 is 0 Å². The maximum atomic E-state index is 12.8. The van der Waals surface area contributed by atoms with Gasteiger partial charge in [-0.05, 0) is 49.3 Å². The molecule has 1 aromatic rings. The summed E-state index contributed by atoms with van der Waals surface area (Å²) < 4.78 is 22.2. The first kappa shape index (κ1) is 26.0. The highest BCUT2D eigenvalue weighted by molar-refractivity contribution is 5.85. The fourth-order valence-electron chi connectivity index (χ4n) is 6.64. The van der Waals surface area contributed by atoms with Gasteiger partial charge in [0.1, 0.15) is 5.76 Å². The second-order valence-electron chi connectivity index (χ2n) is 10.2. The van der Waals surface area contributed by atoms with Crippen LogP contribution in [0.2, 0.25) is 0 Å². The molecule has 0 saturated heterocycles. The monoisotopic (exact) mass is 532 g/mol. The predicted octanol–water partition coefficient (Wildman–Crippen LogP) is 0.834. The number of carboxylic acids is 2. The van der Waals surface area contributed by atoms with Crippen LogP contribution in [-0.2, 0) is 40.5 Å². The van der Waals surface area contributed by atoms with Gasteiger partial charge in [-0.2, -0.15) is 0 Å². The summed E-state index contributed by atoms with van der Waals surface area (Å²) in [6.07, 6.45) is -1.98. The number of benzene rings is 1. The number of carbonyl (C=O) groups is 4. The van der Waals surface area contributed by atoms with E-state index in [1.807, 2.05) is 12.1 Å². The highest BCUT2D eigenvalue weighted by Gasteiger charge is 2.70. The van der Waals surface area contributed by atoms with Crippen molar-refractivity contribution in [3.05, 3.63) is 35.1 Å². The summed E-state index contributed by atoms with van der Waals surface area (Å²) in [5.74, 6) is -4.55.